The van der Waals surface area contributed by atoms with Crippen molar-refractivity contribution in [1.82, 2.24) is 0 Å². The van der Waals surface area contributed by atoms with Crippen LogP contribution in [0.15, 0.2) is 29.2 Å². The normalized spacial score (nSPS) is 10.7. The molecule has 0 saturated heterocycles. The summed E-state index contributed by atoms with van der Waals surface area (Å²) in [7, 11) is 0. The highest BCUT2D eigenvalue weighted by atomic mass is 32.2. The maximum absolute atomic E-state index is 5.60. The molecule has 0 bridgehead atoms. The van der Waals surface area contributed by atoms with Crippen molar-refractivity contribution in [1.29, 1.82) is 0 Å². The number of benzene rings is 1. The second-order valence-corrected chi connectivity index (χ2v) is 5.49. The Hall–Kier alpha value is -0.630. The van der Waals surface area contributed by atoms with Crippen molar-refractivity contribution < 1.29 is 4.74 Å². The standard InChI is InChI=1S/C13H20OS/c1-4-5-10-14-12-6-8-13(9-7-12)15-11(2)3/h6-9,11H,4-5,10H2,1-3H3. The number of rotatable bonds is 6. The lowest BCUT2D eigenvalue weighted by Gasteiger charge is -2.07. The zero-order valence-corrected chi connectivity index (χ0v) is 10.6. The fourth-order valence-electron chi connectivity index (χ4n) is 1.22. The number of ether oxygens (including phenoxy) is 1. The molecule has 0 radical (unpaired) electrons. The van der Waals surface area contributed by atoms with Crippen molar-refractivity contribution in [2.45, 2.75) is 43.8 Å². The highest BCUT2D eigenvalue weighted by molar-refractivity contribution is 7.99. The molecule has 0 saturated carbocycles. The summed E-state index contributed by atoms with van der Waals surface area (Å²) in [5.41, 5.74) is 0. The van der Waals surface area contributed by atoms with Gasteiger partial charge >= 0.3 is 0 Å². The lowest BCUT2D eigenvalue weighted by atomic mass is 10.3. The SMILES string of the molecule is CCCCOc1ccc(SC(C)C)cc1. The molecular weight excluding hydrogens is 204 g/mol. The van der Waals surface area contributed by atoms with Gasteiger partial charge in [0.1, 0.15) is 5.75 Å². The topological polar surface area (TPSA) is 9.23 Å². The lowest BCUT2D eigenvalue weighted by molar-refractivity contribution is 0.309. The first-order chi connectivity index (χ1) is 7.22. The van der Waals surface area contributed by atoms with Crippen LogP contribution in [-0.2, 0) is 0 Å². The minimum atomic E-state index is 0.636. The average molecular weight is 224 g/mol. The Morgan fingerprint density at radius 1 is 1.20 bits per heavy atom. The molecule has 0 aliphatic rings. The highest BCUT2D eigenvalue weighted by Crippen LogP contribution is 2.24. The van der Waals surface area contributed by atoms with Gasteiger partial charge < -0.3 is 4.74 Å². The van der Waals surface area contributed by atoms with Crippen LogP contribution in [0.4, 0.5) is 0 Å². The zero-order chi connectivity index (χ0) is 11.1. The van der Waals surface area contributed by atoms with Gasteiger partial charge in [-0.2, -0.15) is 0 Å². The van der Waals surface area contributed by atoms with Crippen molar-refractivity contribution in [3.63, 3.8) is 0 Å². The molecule has 1 aromatic carbocycles. The van der Waals surface area contributed by atoms with Gasteiger partial charge in [-0.3, -0.25) is 0 Å². The van der Waals surface area contributed by atoms with Crippen LogP contribution in [-0.4, -0.2) is 11.9 Å². The second-order valence-electron chi connectivity index (χ2n) is 3.84. The molecule has 0 unspecified atom stereocenters. The third kappa shape index (κ3) is 5.12. The first-order valence-corrected chi connectivity index (χ1v) is 6.50. The molecule has 0 heterocycles. The smallest absolute Gasteiger partial charge is 0.119 e. The molecule has 0 amide bonds. The summed E-state index contributed by atoms with van der Waals surface area (Å²) >= 11 is 1.88. The average Bonchev–Trinajstić information content (AvgIpc) is 2.20. The Kier molecular flexibility index (Phi) is 5.62. The Labute approximate surface area is 97.2 Å². The van der Waals surface area contributed by atoms with E-state index in [2.05, 4.69) is 45.0 Å². The Bertz CT molecular complexity index is 266. The van der Waals surface area contributed by atoms with E-state index in [1.807, 2.05) is 11.8 Å². The molecule has 0 aromatic heterocycles. The molecule has 0 fully saturated rings. The minimum absolute atomic E-state index is 0.636. The molecule has 0 aliphatic carbocycles. The molecule has 1 nitrogen and oxygen atoms in total. The Morgan fingerprint density at radius 2 is 1.87 bits per heavy atom. The molecule has 0 aliphatic heterocycles. The predicted molar refractivity (Wildman–Crippen MR) is 67.8 cm³/mol. The molecule has 0 atom stereocenters. The Balaban J connectivity index is 2.42. The molecule has 1 aromatic rings. The predicted octanol–water partition coefficient (Wildman–Crippen LogP) is 4.37. The monoisotopic (exact) mass is 224 g/mol. The van der Waals surface area contributed by atoms with Crippen LogP contribution in [0.3, 0.4) is 0 Å². The molecule has 0 N–H and O–H groups in total. The maximum atomic E-state index is 5.60. The van der Waals surface area contributed by atoms with Crippen LogP contribution in [0.5, 0.6) is 5.75 Å². The summed E-state index contributed by atoms with van der Waals surface area (Å²) in [6.45, 7) is 7.41. The van der Waals surface area contributed by atoms with Crippen LogP contribution >= 0.6 is 11.8 Å². The molecule has 1 rings (SSSR count). The summed E-state index contributed by atoms with van der Waals surface area (Å²) in [6.07, 6.45) is 2.31. The molecule has 84 valence electrons. The molecule has 15 heavy (non-hydrogen) atoms. The van der Waals surface area contributed by atoms with E-state index in [9.17, 15) is 0 Å². The summed E-state index contributed by atoms with van der Waals surface area (Å²) in [4.78, 5) is 1.31. The van der Waals surface area contributed by atoms with Crippen molar-refractivity contribution in [3.8, 4) is 5.75 Å². The van der Waals surface area contributed by atoms with E-state index in [0.29, 0.717) is 5.25 Å². The highest BCUT2D eigenvalue weighted by Gasteiger charge is 1.98. The zero-order valence-electron chi connectivity index (χ0n) is 9.82. The van der Waals surface area contributed by atoms with Crippen molar-refractivity contribution in [2.75, 3.05) is 6.61 Å². The van der Waals surface area contributed by atoms with Gasteiger partial charge in [0.2, 0.25) is 0 Å². The van der Waals surface area contributed by atoms with Crippen LogP contribution in [0.2, 0.25) is 0 Å². The van der Waals surface area contributed by atoms with E-state index >= 15 is 0 Å². The van der Waals surface area contributed by atoms with Crippen LogP contribution in [0, 0.1) is 0 Å². The van der Waals surface area contributed by atoms with Gasteiger partial charge in [0.25, 0.3) is 0 Å². The summed E-state index contributed by atoms with van der Waals surface area (Å²) < 4.78 is 5.60. The first kappa shape index (κ1) is 12.4. The summed E-state index contributed by atoms with van der Waals surface area (Å²) in [5, 5.41) is 0.636. The summed E-state index contributed by atoms with van der Waals surface area (Å²) in [6, 6.07) is 8.37. The minimum Gasteiger partial charge on any atom is -0.494 e. The van der Waals surface area contributed by atoms with E-state index < -0.39 is 0 Å². The third-order valence-corrected chi connectivity index (χ3v) is 2.98. The van der Waals surface area contributed by atoms with E-state index in [4.69, 9.17) is 4.74 Å². The number of unbranched alkanes of at least 4 members (excludes halogenated alkanes) is 1. The van der Waals surface area contributed by atoms with Crippen LogP contribution in [0.25, 0.3) is 0 Å². The summed E-state index contributed by atoms with van der Waals surface area (Å²) in [5.74, 6) is 0.983. The van der Waals surface area contributed by atoms with E-state index in [0.717, 1.165) is 18.8 Å². The number of hydrogen-bond donors (Lipinski definition) is 0. The van der Waals surface area contributed by atoms with Crippen molar-refractivity contribution >= 4 is 11.8 Å². The maximum Gasteiger partial charge on any atom is 0.119 e. The fourth-order valence-corrected chi connectivity index (χ4v) is 2.06. The first-order valence-electron chi connectivity index (χ1n) is 5.62. The molecule has 2 heteroatoms. The van der Waals surface area contributed by atoms with E-state index in [-0.39, 0.29) is 0 Å². The largest absolute Gasteiger partial charge is 0.494 e. The molecule has 0 spiro atoms. The Morgan fingerprint density at radius 3 is 2.40 bits per heavy atom. The third-order valence-electron chi connectivity index (χ3n) is 1.96. The van der Waals surface area contributed by atoms with Gasteiger partial charge in [0.15, 0.2) is 0 Å². The molecular formula is C13H20OS. The van der Waals surface area contributed by atoms with Crippen molar-refractivity contribution in [2.24, 2.45) is 0 Å². The van der Waals surface area contributed by atoms with Gasteiger partial charge in [-0.25, -0.2) is 0 Å². The fraction of sp³-hybridized carbons (Fsp3) is 0.538. The van der Waals surface area contributed by atoms with Gasteiger partial charge in [0, 0.05) is 10.1 Å². The van der Waals surface area contributed by atoms with Gasteiger partial charge in [-0.05, 0) is 30.7 Å². The van der Waals surface area contributed by atoms with Crippen molar-refractivity contribution in [3.05, 3.63) is 24.3 Å². The van der Waals surface area contributed by atoms with Crippen LogP contribution in [0.1, 0.15) is 33.6 Å². The van der Waals surface area contributed by atoms with Gasteiger partial charge in [-0.1, -0.05) is 27.2 Å². The van der Waals surface area contributed by atoms with E-state index in [1.54, 1.807) is 0 Å². The quantitative estimate of drug-likeness (QED) is 0.524. The number of hydrogen-bond acceptors (Lipinski definition) is 2. The van der Waals surface area contributed by atoms with E-state index in [1.165, 1.54) is 11.3 Å². The van der Waals surface area contributed by atoms with Gasteiger partial charge in [0.05, 0.1) is 6.61 Å². The second kappa shape index (κ2) is 6.78. The number of thioether (sulfide) groups is 1. The van der Waals surface area contributed by atoms with Crippen LogP contribution < -0.4 is 4.74 Å². The lowest BCUT2D eigenvalue weighted by Crippen LogP contribution is -1.96. The van der Waals surface area contributed by atoms with Gasteiger partial charge in [-0.15, -0.1) is 11.8 Å².